The summed E-state index contributed by atoms with van der Waals surface area (Å²) >= 11 is 0. The van der Waals surface area contributed by atoms with E-state index in [-0.39, 0.29) is 11.4 Å². The monoisotopic (exact) mass is 220 g/mol. The predicted molar refractivity (Wildman–Crippen MR) is 58.7 cm³/mol. The van der Waals surface area contributed by atoms with E-state index in [1.165, 1.54) is 30.5 Å². The molecule has 0 amide bonds. The molecule has 1 heterocycles. The number of aromatic nitrogens is 1. The number of anilines is 1. The maximum Gasteiger partial charge on any atom is 0.136 e. The Morgan fingerprint density at radius 1 is 1.19 bits per heavy atom. The summed E-state index contributed by atoms with van der Waals surface area (Å²) in [7, 11) is 0. The number of nitrogens with zero attached hydrogens (tertiary/aromatic N) is 1. The summed E-state index contributed by atoms with van der Waals surface area (Å²) in [4.78, 5) is 3.78. The summed E-state index contributed by atoms with van der Waals surface area (Å²) in [5.74, 6) is -0.933. The Labute approximate surface area is 91.7 Å². The molecule has 2 nitrogen and oxygen atoms in total. The minimum atomic E-state index is -0.603. The predicted octanol–water partition coefficient (Wildman–Crippen LogP) is 2.92. The quantitative estimate of drug-likeness (QED) is 0.802. The molecule has 1 aromatic heterocycles. The number of hydrogen-bond donors (Lipinski definition) is 1. The molecule has 0 aliphatic rings. The summed E-state index contributed by atoms with van der Waals surface area (Å²) in [6, 6.07) is 5.61. The fourth-order valence-electron chi connectivity index (χ4n) is 1.53. The standard InChI is InChI=1S/C12H10F2N2/c1-7-2-3-9(13)11(12(7)14)8-4-5-16-10(15)6-8/h2-6H,1H3,(H2,15,16). The van der Waals surface area contributed by atoms with Crippen LogP contribution in [0.2, 0.25) is 0 Å². The molecule has 0 radical (unpaired) electrons. The minimum absolute atomic E-state index is 0.0610. The molecule has 1 aromatic carbocycles. The summed E-state index contributed by atoms with van der Waals surface area (Å²) in [5.41, 5.74) is 6.21. The number of nitrogen functional groups attached to an aromatic ring is 1. The molecular weight excluding hydrogens is 210 g/mol. The average Bonchev–Trinajstić information content (AvgIpc) is 2.24. The van der Waals surface area contributed by atoms with Crippen molar-refractivity contribution in [2.75, 3.05) is 5.73 Å². The van der Waals surface area contributed by atoms with Gasteiger partial charge < -0.3 is 5.73 Å². The van der Waals surface area contributed by atoms with Crippen LogP contribution in [0.25, 0.3) is 11.1 Å². The zero-order valence-electron chi connectivity index (χ0n) is 8.67. The topological polar surface area (TPSA) is 38.9 Å². The van der Waals surface area contributed by atoms with Crippen molar-refractivity contribution in [3.63, 3.8) is 0 Å². The summed E-state index contributed by atoms with van der Waals surface area (Å²) in [5, 5.41) is 0. The Morgan fingerprint density at radius 3 is 2.62 bits per heavy atom. The first-order chi connectivity index (χ1) is 7.59. The maximum atomic E-state index is 13.8. The van der Waals surface area contributed by atoms with Gasteiger partial charge in [-0.25, -0.2) is 13.8 Å². The van der Waals surface area contributed by atoms with E-state index in [9.17, 15) is 8.78 Å². The zero-order valence-corrected chi connectivity index (χ0v) is 8.67. The molecule has 0 atom stereocenters. The lowest BCUT2D eigenvalue weighted by atomic mass is 10.0. The molecule has 0 aliphatic carbocycles. The molecule has 4 heteroatoms. The highest BCUT2D eigenvalue weighted by Crippen LogP contribution is 2.28. The van der Waals surface area contributed by atoms with Crippen molar-refractivity contribution in [2.45, 2.75) is 6.92 Å². The van der Waals surface area contributed by atoms with Crippen molar-refractivity contribution in [3.8, 4) is 11.1 Å². The van der Waals surface area contributed by atoms with Gasteiger partial charge in [-0.2, -0.15) is 0 Å². The molecule has 2 N–H and O–H groups in total. The van der Waals surface area contributed by atoms with E-state index in [1.54, 1.807) is 6.92 Å². The molecule has 82 valence electrons. The third kappa shape index (κ3) is 1.74. The smallest absolute Gasteiger partial charge is 0.136 e. The average molecular weight is 220 g/mol. The van der Waals surface area contributed by atoms with Gasteiger partial charge in [0.2, 0.25) is 0 Å². The third-order valence-electron chi connectivity index (χ3n) is 2.35. The van der Waals surface area contributed by atoms with Gasteiger partial charge in [0.05, 0.1) is 5.56 Å². The molecule has 0 saturated carbocycles. The van der Waals surface area contributed by atoms with Crippen molar-refractivity contribution >= 4 is 5.82 Å². The van der Waals surface area contributed by atoms with Gasteiger partial charge in [0, 0.05) is 6.20 Å². The highest BCUT2D eigenvalue weighted by molar-refractivity contribution is 5.67. The van der Waals surface area contributed by atoms with Crippen LogP contribution in [0.1, 0.15) is 5.56 Å². The van der Waals surface area contributed by atoms with E-state index in [2.05, 4.69) is 4.98 Å². The Balaban J connectivity index is 2.68. The van der Waals surface area contributed by atoms with Gasteiger partial charge >= 0.3 is 0 Å². The summed E-state index contributed by atoms with van der Waals surface area (Å²) in [6.45, 7) is 1.59. The van der Waals surface area contributed by atoms with Crippen LogP contribution in [0, 0.1) is 18.6 Å². The van der Waals surface area contributed by atoms with Gasteiger partial charge in [-0.3, -0.25) is 0 Å². The number of nitrogens with two attached hydrogens (primary N) is 1. The first kappa shape index (κ1) is 10.5. The SMILES string of the molecule is Cc1ccc(F)c(-c2ccnc(N)c2)c1F. The van der Waals surface area contributed by atoms with E-state index in [0.717, 1.165) is 0 Å². The van der Waals surface area contributed by atoms with E-state index in [4.69, 9.17) is 5.73 Å². The number of halogens is 2. The van der Waals surface area contributed by atoms with Crippen LogP contribution in [-0.2, 0) is 0 Å². The molecule has 2 aromatic rings. The molecule has 0 unspecified atom stereocenters. The van der Waals surface area contributed by atoms with Crippen LogP contribution in [0.5, 0.6) is 0 Å². The number of hydrogen-bond acceptors (Lipinski definition) is 2. The fourth-order valence-corrected chi connectivity index (χ4v) is 1.53. The van der Waals surface area contributed by atoms with Gasteiger partial charge in [-0.1, -0.05) is 6.07 Å². The van der Waals surface area contributed by atoms with E-state index in [0.29, 0.717) is 11.1 Å². The lowest BCUT2D eigenvalue weighted by Crippen LogP contribution is -1.95. The normalized spacial score (nSPS) is 10.4. The Morgan fingerprint density at radius 2 is 1.94 bits per heavy atom. The van der Waals surface area contributed by atoms with Crippen molar-refractivity contribution < 1.29 is 8.78 Å². The Kier molecular flexibility index (Phi) is 2.56. The lowest BCUT2D eigenvalue weighted by molar-refractivity contribution is 0.584. The van der Waals surface area contributed by atoms with Crippen LogP contribution >= 0.6 is 0 Å². The number of pyridine rings is 1. The van der Waals surface area contributed by atoms with Gasteiger partial charge in [0.1, 0.15) is 17.5 Å². The number of rotatable bonds is 1. The Hall–Kier alpha value is -1.97. The second-order valence-corrected chi connectivity index (χ2v) is 3.52. The lowest BCUT2D eigenvalue weighted by Gasteiger charge is -2.07. The first-order valence-electron chi connectivity index (χ1n) is 4.76. The van der Waals surface area contributed by atoms with Crippen molar-refractivity contribution in [1.82, 2.24) is 4.98 Å². The van der Waals surface area contributed by atoms with Crippen LogP contribution < -0.4 is 5.73 Å². The number of aryl methyl sites for hydroxylation is 1. The molecule has 2 rings (SSSR count). The largest absolute Gasteiger partial charge is 0.384 e. The van der Waals surface area contributed by atoms with E-state index < -0.39 is 11.6 Å². The van der Waals surface area contributed by atoms with Gasteiger partial charge in [-0.15, -0.1) is 0 Å². The van der Waals surface area contributed by atoms with Gasteiger partial charge in [0.15, 0.2) is 0 Å². The van der Waals surface area contributed by atoms with Gasteiger partial charge in [0.25, 0.3) is 0 Å². The molecule has 0 saturated heterocycles. The maximum absolute atomic E-state index is 13.8. The van der Waals surface area contributed by atoms with Crippen molar-refractivity contribution in [3.05, 3.63) is 47.7 Å². The summed E-state index contributed by atoms with van der Waals surface area (Å²) in [6.07, 6.45) is 1.42. The molecule has 0 fully saturated rings. The van der Waals surface area contributed by atoms with Crippen LogP contribution in [0.3, 0.4) is 0 Å². The van der Waals surface area contributed by atoms with Crippen molar-refractivity contribution in [2.24, 2.45) is 0 Å². The third-order valence-corrected chi connectivity index (χ3v) is 2.35. The van der Waals surface area contributed by atoms with E-state index >= 15 is 0 Å². The highest BCUT2D eigenvalue weighted by Gasteiger charge is 2.13. The molecule has 0 aliphatic heterocycles. The molecule has 0 bridgehead atoms. The van der Waals surface area contributed by atoms with Crippen LogP contribution in [0.15, 0.2) is 30.5 Å². The summed E-state index contributed by atoms with van der Waals surface area (Å²) < 4.78 is 27.3. The van der Waals surface area contributed by atoms with Gasteiger partial charge in [-0.05, 0) is 36.2 Å². The fraction of sp³-hybridized carbons (Fsp3) is 0.0833. The van der Waals surface area contributed by atoms with E-state index in [1.807, 2.05) is 0 Å². The second kappa shape index (κ2) is 3.89. The highest BCUT2D eigenvalue weighted by atomic mass is 19.1. The molecular formula is C12H10F2N2. The van der Waals surface area contributed by atoms with Crippen molar-refractivity contribution in [1.29, 1.82) is 0 Å². The van der Waals surface area contributed by atoms with Crippen LogP contribution in [0.4, 0.5) is 14.6 Å². The number of benzene rings is 1. The molecule has 0 spiro atoms. The Bertz CT molecular complexity index is 539. The molecule has 16 heavy (non-hydrogen) atoms. The van der Waals surface area contributed by atoms with Crippen LogP contribution in [-0.4, -0.2) is 4.98 Å². The zero-order chi connectivity index (χ0) is 11.7. The second-order valence-electron chi connectivity index (χ2n) is 3.52. The minimum Gasteiger partial charge on any atom is -0.384 e. The first-order valence-corrected chi connectivity index (χ1v) is 4.76.